The molecule has 4 rings (SSSR count). The van der Waals surface area contributed by atoms with Gasteiger partial charge in [-0.15, -0.1) is 11.8 Å². The number of nitrogens with one attached hydrogen (secondary N) is 1. The van der Waals surface area contributed by atoms with Gasteiger partial charge in [0.15, 0.2) is 0 Å². The Morgan fingerprint density at radius 2 is 1.97 bits per heavy atom. The number of oxazole rings is 1. The summed E-state index contributed by atoms with van der Waals surface area (Å²) in [5.74, 6) is 1.57. The Hall–Kier alpha value is -2.77. The van der Waals surface area contributed by atoms with Crippen LogP contribution in [0.2, 0.25) is 0 Å². The highest BCUT2D eigenvalue weighted by molar-refractivity contribution is 7.99. The summed E-state index contributed by atoms with van der Waals surface area (Å²) in [6.45, 7) is 5.33. The van der Waals surface area contributed by atoms with Crippen molar-refractivity contribution in [3.63, 3.8) is 0 Å². The first-order valence-electron chi connectivity index (χ1n) is 10.00. The maximum Gasteiger partial charge on any atom is 0.234 e. The molecule has 1 aliphatic heterocycles. The molecule has 156 valence electrons. The second-order valence-corrected chi connectivity index (χ2v) is 8.14. The van der Waals surface area contributed by atoms with E-state index in [-0.39, 0.29) is 5.91 Å². The van der Waals surface area contributed by atoms with Gasteiger partial charge in [-0.3, -0.25) is 4.79 Å². The van der Waals surface area contributed by atoms with E-state index in [1.807, 2.05) is 43.3 Å². The summed E-state index contributed by atoms with van der Waals surface area (Å²) in [6.07, 6.45) is 1.65. The molecule has 2 heterocycles. The highest BCUT2D eigenvalue weighted by Crippen LogP contribution is 2.24. The monoisotopic (exact) mass is 423 g/mol. The van der Waals surface area contributed by atoms with Gasteiger partial charge in [0.1, 0.15) is 6.26 Å². The number of amides is 1. The van der Waals surface area contributed by atoms with Crippen molar-refractivity contribution in [1.82, 2.24) is 4.98 Å². The molecule has 0 spiro atoms. The summed E-state index contributed by atoms with van der Waals surface area (Å²) in [5.41, 5.74) is 4.86. The second-order valence-electron chi connectivity index (χ2n) is 7.15. The molecule has 0 atom stereocenters. The standard InChI is InChI=1S/C23H25N3O3S/c1-17-13-20(26-9-11-28-12-10-26)7-8-21(17)25-22(27)16-30-15-19-14-29-23(24-19)18-5-3-2-4-6-18/h2-8,13-14H,9-12,15-16H2,1H3,(H,25,27). The summed E-state index contributed by atoms with van der Waals surface area (Å²) in [7, 11) is 0. The summed E-state index contributed by atoms with van der Waals surface area (Å²) >= 11 is 1.52. The van der Waals surface area contributed by atoms with Crippen LogP contribution in [0.25, 0.3) is 11.5 Å². The van der Waals surface area contributed by atoms with Crippen LogP contribution in [0.5, 0.6) is 0 Å². The lowest BCUT2D eigenvalue weighted by Gasteiger charge is -2.29. The first-order valence-corrected chi connectivity index (χ1v) is 11.2. The smallest absolute Gasteiger partial charge is 0.234 e. The van der Waals surface area contributed by atoms with Crippen LogP contribution in [-0.2, 0) is 15.3 Å². The molecule has 7 heteroatoms. The van der Waals surface area contributed by atoms with Crippen LogP contribution in [0.4, 0.5) is 11.4 Å². The van der Waals surface area contributed by atoms with Crippen LogP contribution < -0.4 is 10.2 Å². The van der Waals surface area contributed by atoms with Crippen molar-refractivity contribution < 1.29 is 13.9 Å². The predicted octanol–water partition coefficient (Wildman–Crippen LogP) is 4.36. The average Bonchev–Trinajstić information content (AvgIpc) is 3.25. The third-order valence-corrected chi connectivity index (χ3v) is 5.88. The van der Waals surface area contributed by atoms with Crippen molar-refractivity contribution in [2.24, 2.45) is 0 Å². The molecule has 0 saturated carbocycles. The summed E-state index contributed by atoms with van der Waals surface area (Å²) in [5, 5.41) is 3.01. The lowest BCUT2D eigenvalue weighted by atomic mass is 10.1. The molecular formula is C23H25N3O3S. The van der Waals surface area contributed by atoms with E-state index in [1.54, 1.807) is 6.26 Å². The Labute approximate surface area is 180 Å². The molecule has 1 saturated heterocycles. The highest BCUT2D eigenvalue weighted by atomic mass is 32.2. The number of thioether (sulfide) groups is 1. The minimum atomic E-state index is -0.0194. The molecule has 0 aliphatic carbocycles. The Morgan fingerprint density at radius 3 is 2.73 bits per heavy atom. The van der Waals surface area contributed by atoms with E-state index < -0.39 is 0 Å². The molecule has 30 heavy (non-hydrogen) atoms. The Balaban J connectivity index is 1.26. The highest BCUT2D eigenvalue weighted by Gasteiger charge is 2.13. The van der Waals surface area contributed by atoms with Crippen molar-refractivity contribution >= 4 is 29.0 Å². The molecule has 1 N–H and O–H groups in total. The molecule has 0 unspecified atom stereocenters. The minimum absolute atomic E-state index is 0.0194. The van der Waals surface area contributed by atoms with E-state index in [0.717, 1.165) is 48.8 Å². The molecular weight excluding hydrogens is 398 g/mol. The number of rotatable bonds is 7. The van der Waals surface area contributed by atoms with Crippen LogP contribution in [0.1, 0.15) is 11.3 Å². The van der Waals surface area contributed by atoms with Crippen LogP contribution in [-0.4, -0.2) is 42.9 Å². The maximum atomic E-state index is 12.4. The first-order chi connectivity index (χ1) is 14.7. The Kier molecular flexibility index (Phi) is 6.71. The maximum absolute atomic E-state index is 12.4. The summed E-state index contributed by atoms with van der Waals surface area (Å²) in [6, 6.07) is 15.9. The van der Waals surface area contributed by atoms with E-state index in [9.17, 15) is 4.79 Å². The molecule has 2 aromatic carbocycles. The molecule has 1 aromatic heterocycles. The van der Waals surface area contributed by atoms with Gasteiger partial charge >= 0.3 is 0 Å². The van der Waals surface area contributed by atoms with Gasteiger partial charge in [-0.05, 0) is 42.8 Å². The van der Waals surface area contributed by atoms with Crippen LogP contribution in [0.15, 0.2) is 59.2 Å². The van der Waals surface area contributed by atoms with E-state index in [2.05, 4.69) is 27.3 Å². The molecule has 3 aromatic rings. The van der Waals surface area contributed by atoms with Crippen molar-refractivity contribution in [3.8, 4) is 11.5 Å². The predicted molar refractivity (Wildman–Crippen MR) is 121 cm³/mol. The molecule has 0 radical (unpaired) electrons. The molecule has 1 fully saturated rings. The van der Waals surface area contributed by atoms with Crippen LogP contribution >= 0.6 is 11.8 Å². The van der Waals surface area contributed by atoms with Gasteiger partial charge in [-0.25, -0.2) is 4.98 Å². The largest absolute Gasteiger partial charge is 0.444 e. The summed E-state index contributed by atoms with van der Waals surface area (Å²) in [4.78, 5) is 19.2. The van der Waals surface area contributed by atoms with Crippen molar-refractivity contribution in [1.29, 1.82) is 0 Å². The second kappa shape index (κ2) is 9.82. The fourth-order valence-corrected chi connectivity index (χ4v) is 4.03. The number of morpholine rings is 1. The Bertz CT molecular complexity index is 984. The number of anilines is 2. The number of aryl methyl sites for hydroxylation is 1. The number of carbonyl (C=O) groups excluding carboxylic acids is 1. The van der Waals surface area contributed by atoms with E-state index in [0.29, 0.717) is 17.4 Å². The lowest BCUT2D eigenvalue weighted by Crippen LogP contribution is -2.36. The first kappa shape index (κ1) is 20.5. The SMILES string of the molecule is Cc1cc(N2CCOCC2)ccc1NC(=O)CSCc1coc(-c2ccccc2)n1. The Morgan fingerprint density at radius 1 is 1.17 bits per heavy atom. The van der Waals surface area contributed by atoms with Crippen molar-refractivity contribution in [2.45, 2.75) is 12.7 Å². The molecule has 0 bridgehead atoms. The van der Waals surface area contributed by atoms with E-state index in [4.69, 9.17) is 9.15 Å². The van der Waals surface area contributed by atoms with Crippen LogP contribution in [0, 0.1) is 6.92 Å². The minimum Gasteiger partial charge on any atom is -0.444 e. The zero-order valence-corrected chi connectivity index (χ0v) is 17.8. The van der Waals surface area contributed by atoms with Gasteiger partial charge in [0.05, 0.1) is 24.7 Å². The van der Waals surface area contributed by atoms with Gasteiger partial charge < -0.3 is 19.4 Å². The van der Waals surface area contributed by atoms with Gasteiger partial charge in [-0.1, -0.05) is 18.2 Å². The average molecular weight is 424 g/mol. The van der Waals surface area contributed by atoms with Gasteiger partial charge in [0.2, 0.25) is 11.8 Å². The number of ether oxygens (including phenoxy) is 1. The van der Waals surface area contributed by atoms with Crippen molar-refractivity contribution in [2.75, 3.05) is 42.3 Å². The van der Waals surface area contributed by atoms with E-state index >= 15 is 0 Å². The number of aromatic nitrogens is 1. The van der Waals surface area contributed by atoms with Gasteiger partial charge in [-0.2, -0.15) is 0 Å². The number of hydrogen-bond donors (Lipinski definition) is 1. The third kappa shape index (κ3) is 5.23. The molecule has 1 amide bonds. The normalized spacial score (nSPS) is 14.0. The van der Waals surface area contributed by atoms with Crippen LogP contribution in [0.3, 0.4) is 0 Å². The number of hydrogen-bond acceptors (Lipinski definition) is 6. The molecule has 6 nitrogen and oxygen atoms in total. The summed E-state index contributed by atoms with van der Waals surface area (Å²) < 4.78 is 11.0. The number of benzene rings is 2. The lowest BCUT2D eigenvalue weighted by molar-refractivity contribution is -0.113. The molecule has 1 aliphatic rings. The number of carbonyl (C=O) groups is 1. The van der Waals surface area contributed by atoms with Gasteiger partial charge in [0.25, 0.3) is 0 Å². The number of nitrogens with zero attached hydrogens (tertiary/aromatic N) is 2. The van der Waals surface area contributed by atoms with Gasteiger partial charge in [0, 0.05) is 35.8 Å². The third-order valence-electron chi connectivity index (χ3n) is 4.92. The van der Waals surface area contributed by atoms with Crippen molar-refractivity contribution in [3.05, 3.63) is 66.1 Å². The zero-order chi connectivity index (χ0) is 20.8. The fourth-order valence-electron chi connectivity index (χ4n) is 3.33. The fraction of sp³-hybridized carbons (Fsp3) is 0.304. The quantitative estimate of drug-likeness (QED) is 0.609. The van der Waals surface area contributed by atoms with E-state index in [1.165, 1.54) is 17.4 Å². The zero-order valence-electron chi connectivity index (χ0n) is 17.0. The topological polar surface area (TPSA) is 67.6 Å².